The van der Waals surface area contributed by atoms with Crippen LogP contribution in [0.2, 0.25) is 0 Å². The zero-order chi connectivity index (χ0) is 13.5. The van der Waals surface area contributed by atoms with Crippen molar-refractivity contribution in [1.29, 1.82) is 0 Å². The van der Waals surface area contributed by atoms with Crippen LogP contribution in [0.1, 0.15) is 30.9 Å². The largest absolute Gasteiger partial charge is 0.417 e. The van der Waals surface area contributed by atoms with Gasteiger partial charge in [0.25, 0.3) is 0 Å². The van der Waals surface area contributed by atoms with Gasteiger partial charge in [-0.3, -0.25) is 0 Å². The summed E-state index contributed by atoms with van der Waals surface area (Å²) in [6.45, 7) is 3.82. The summed E-state index contributed by atoms with van der Waals surface area (Å²) >= 11 is 0. The van der Waals surface area contributed by atoms with Crippen LogP contribution in [0.3, 0.4) is 0 Å². The number of alkyl halides is 3. The van der Waals surface area contributed by atoms with Crippen LogP contribution >= 0.6 is 0 Å². The molecule has 1 aromatic carbocycles. The van der Waals surface area contributed by atoms with E-state index in [0.717, 1.165) is 11.6 Å². The molecule has 2 aromatic rings. The number of pyridine rings is 1. The normalized spacial score (nSPS) is 12.3. The molecule has 2 nitrogen and oxygen atoms in total. The van der Waals surface area contributed by atoms with Gasteiger partial charge in [-0.2, -0.15) is 13.2 Å². The summed E-state index contributed by atoms with van der Waals surface area (Å²) in [7, 11) is 0. The van der Waals surface area contributed by atoms with Gasteiger partial charge in [0, 0.05) is 11.6 Å². The number of halogens is 3. The molecule has 2 rings (SSSR count). The summed E-state index contributed by atoms with van der Waals surface area (Å²) in [4.78, 5) is 3.88. The molecule has 18 heavy (non-hydrogen) atoms. The fourth-order valence-corrected chi connectivity index (χ4v) is 2.04. The number of hydrogen-bond donors (Lipinski definition) is 1. The molecule has 0 saturated carbocycles. The first-order valence-electron chi connectivity index (χ1n) is 5.56. The Balaban J connectivity index is 2.89. The van der Waals surface area contributed by atoms with E-state index >= 15 is 0 Å². The van der Waals surface area contributed by atoms with E-state index in [1.54, 1.807) is 12.3 Å². The molecule has 0 fully saturated rings. The topological polar surface area (TPSA) is 38.9 Å². The third kappa shape index (κ3) is 2.00. The van der Waals surface area contributed by atoms with Gasteiger partial charge in [0.1, 0.15) is 5.82 Å². The monoisotopic (exact) mass is 254 g/mol. The minimum Gasteiger partial charge on any atom is -0.383 e. The smallest absolute Gasteiger partial charge is 0.383 e. The van der Waals surface area contributed by atoms with E-state index in [1.165, 1.54) is 6.07 Å². The second-order valence-corrected chi connectivity index (χ2v) is 4.48. The van der Waals surface area contributed by atoms with Crippen molar-refractivity contribution in [3.63, 3.8) is 0 Å². The van der Waals surface area contributed by atoms with E-state index in [-0.39, 0.29) is 17.1 Å². The highest BCUT2D eigenvalue weighted by Gasteiger charge is 2.33. The molecule has 2 N–H and O–H groups in total. The lowest BCUT2D eigenvalue weighted by atomic mass is 9.95. The number of nitrogens with two attached hydrogens (primary N) is 1. The van der Waals surface area contributed by atoms with Gasteiger partial charge in [-0.05, 0) is 22.9 Å². The molecule has 0 bridgehead atoms. The van der Waals surface area contributed by atoms with Crippen LogP contribution in [0.25, 0.3) is 10.8 Å². The lowest BCUT2D eigenvalue weighted by Crippen LogP contribution is -2.08. The van der Waals surface area contributed by atoms with Crippen molar-refractivity contribution in [2.24, 2.45) is 0 Å². The number of aromatic nitrogens is 1. The van der Waals surface area contributed by atoms with Crippen LogP contribution in [0, 0.1) is 0 Å². The Morgan fingerprint density at radius 3 is 2.44 bits per heavy atom. The van der Waals surface area contributed by atoms with Gasteiger partial charge in [-0.25, -0.2) is 4.98 Å². The van der Waals surface area contributed by atoms with Gasteiger partial charge < -0.3 is 5.73 Å². The third-order valence-corrected chi connectivity index (χ3v) is 2.90. The van der Waals surface area contributed by atoms with Crippen molar-refractivity contribution >= 4 is 16.6 Å². The molecule has 0 radical (unpaired) electrons. The van der Waals surface area contributed by atoms with Crippen molar-refractivity contribution in [3.05, 3.63) is 35.5 Å². The zero-order valence-electron chi connectivity index (χ0n) is 10.0. The molecule has 1 heterocycles. The van der Waals surface area contributed by atoms with Crippen molar-refractivity contribution in [2.75, 3.05) is 5.73 Å². The van der Waals surface area contributed by atoms with E-state index in [1.807, 2.05) is 13.8 Å². The fourth-order valence-electron chi connectivity index (χ4n) is 2.04. The highest BCUT2D eigenvalue weighted by atomic mass is 19.4. The number of nitrogen functional groups attached to an aromatic ring is 1. The quantitative estimate of drug-likeness (QED) is 0.836. The number of benzene rings is 1. The Bertz CT molecular complexity index is 589. The number of nitrogens with zero attached hydrogens (tertiary/aromatic N) is 1. The SMILES string of the molecule is CC(C)c1cnc(N)c2c(C(F)(F)F)cccc12. The maximum absolute atomic E-state index is 12.9. The molecule has 0 atom stereocenters. The molecule has 0 aliphatic heterocycles. The number of rotatable bonds is 1. The zero-order valence-corrected chi connectivity index (χ0v) is 10.0. The van der Waals surface area contributed by atoms with E-state index < -0.39 is 11.7 Å². The molecule has 0 aliphatic carbocycles. The summed E-state index contributed by atoms with van der Waals surface area (Å²) in [5, 5.41) is 0.517. The molecule has 5 heteroatoms. The summed E-state index contributed by atoms with van der Waals surface area (Å²) in [5.74, 6) is 0.00593. The second kappa shape index (κ2) is 4.15. The fraction of sp³-hybridized carbons (Fsp3) is 0.308. The first-order valence-corrected chi connectivity index (χ1v) is 5.56. The molecular weight excluding hydrogens is 241 g/mol. The summed E-state index contributed by atoms with van der Waals surface area (Å²) in [6.07, 6.45) is -2.88. The summed E-state index contributed by atoms with van der Waals surface area (Å²) in [5.41, 5.74) is 5.65. The van der Waals surface area contributed by atoms with Crippen molar-refractivity contribution in [2.45, 2.75) is 25.9 Å². The Labute approximate surface area is 103 Å². The van der Waals surface area contributed by atoms with Crippen LogP contribution in [0.4, 0.5) is 19.0 Å². The predicted octanol–water partition coefficient (Wildman–Crippen LogP) is 3.96. The Kier molecular flexibility index (Phi) is 2.92. The molecule has 0 unspecified atom stereocenters. The molecule has 0 spiro atoms. The summed E-state index contributed by atoms with van der Waals surface area (Å²) in [6, 6.07) is 4.08. The standard InChI is InChI=1S/C13H13F3N2/c1-7(2)9-6-18-12(17)11-8(9)4-3-5-10(11)13(14,15)16/h3-7H,1-2H3,(H2,17,18). The minimum atomic E-state index is -4.43. The third-order valence-electron chi connectivity index (χ3n) is 2.90. The van der Waals surface area contributed by atoms with Gasteiger partial charge in [-0.15, -0.1) is 0 Å². The lowest BCUT2D eigenvalue weighted by molar-refractivity contribution is -0.136. The van der Waals surface area contributed by atoms with E-state index in [2.05, 4.69) is 4.98 Å². The maximum Gasteiger partial charge on any atom is 0.417 e. The van der Waals surface area contributed by atoms with Crippen LogP contribution < -0.4 is 5.73 Å². The van der Waals surface area contributed by atoms with Gasteiger partial charge in [-0.1, -0.05) is 26.0 Å². The predicted molar refractivity (Wildman–Crippen MR) is 65.2 cm³/mol. The Morgan fingerprint density at radius 2 is 1.89 bits per heavy atom. The molecule has 0 saturated heterocycles. The second-order valence-electron chi connectivity index (χ2n) is 4.48. The number of fused-ring (bicyclic) bond motifs is 1. The average molecular weight is 254 g/mol. The molecule has 96 valence electrons. The molecule has 0 amide bonds. The van der Waals surface area contributed by atoms with E-state index in [9.17, 15) is 13.2 Å². The van der Waals surface area contributed by atoms with E-state index in [0.29, 0.717) is 5.39 Å². The van der Waals surface area contributed by atoms with Crippen LogP contribution in [-0.2, 0) is 6.18 Å². The van der Waals surface area contributed by atoms with E-state index in [4.69, 9.17) is 5.73 Å². The summed E-state index contributed by atoms with van der Waals surface area (Å²) < 4.78 is 38.8. The Hall–Kier alpha value is -1.78. The van der Waals surface area contributed by atoms with Gasteiger partial charge >= 0.3 is 6.18 Å². The van der Waals surface area contributed by atoms with Gasteiger partial charge in [0.2, 0.25) is 0 Å². The molecule has 0 aliphatic rings. The maximum atomic E-state index is 12.9. The average Bonchev–Trinajstić information content (AvgIpc) is 2.27. The number of hydrogen-bond acceptors (Lipinski definition) is 2. The molecule has 1 aromatic heterocycles. The first-order chi connectivity index (χ1) is 8.32. The van der Waals surface area contributed by atoms with Crippen LogP contribution in [0.5, 0.6) is 0 Å². The van der Waals surface area contributed by atoms with Crippen LogP contribution in [-0.4, -0.2) is 4.98 Å². The van der Waals surface area contributed by atoms with Gasteiger partial charge in [0.15, 0.2) is 0 Å². The number of anilines is 1. The molecular formula is C13H13F3N2. The van der Waals surface area contributed by atoms with Crippen molar-refractivity contribution < 1.29 is 13.2 Å². The highest BCUT2D eigenvalue weighted by Crippen LogP contribution is 2.38. The van der Waals surface area contributed by atoms with Crippen LogP contribution in [0.15, 0.2) is 24.4 Å². The lowest BCUT2D eigenvalue weighted by Gasteiger charge is -2.15. The van der Waals surface area contributed by atoms with Gasteiger partial charge in [0.05, 0.1) is 5.56 Å². The van der Waals surface area contributed by atoms with Crippen molar-refractivity contribution in [1.82, 2.24) is 4.98 Å². The Morgan fingerprint density at radius 1 is 1.22 bits per heavy atom. The minimum absolute atomic E-state index is 0.00352. The highest BCUT2D eigenvalue weighted by molar-refractivity contribution is 5.96. The first kappa shape index (κ1) is 12.7. The van der Waals surface area contributed by atoms with Crippen molar-refractivity contribution in [3.8, 4) is 0 Å².